The van der Waals surface area contributed by atoms with Crippen molar-refractivity contribution in [2.45, 2.75) is 20.0 Å². The van der Waals surface area contributed by atoms with Gasteiger partial charge in [-0.1, -0.05) is 30.3 Å². The molecular formula is C20H24F2N2O3. The molecule has 0 bridgehead atoms. The first kappa shape index (κ1) is 20.5. The minimum Gasteiger partial charge on any atom is -0.491 e. The molecular weight excluding hydrogens is 354 g/mol. The molecule has 2 aromatic carbocycles. The smallest absolute Gasteiger partial charge is 0.387 e. The Morgan fingerprint density at radius 1 is 1.15 bits per heavy atom. The number of para-hydroxylation sites is 1. The van der Waals surface area contributed by atoms with Crippen LogP contribution in [0, 0.1) is 6.92 Å². The third-order valence-electron chi connectivity index (χ3n) is 3.96. The summed E-state index contributed by atoms with van der Waals surface area (Å²) in [4.78, 5) is 13.6. The maximum absolute atomic E-state index is 12.1. The van der Waals surface area contributed by atoms with Crippen molar-refractivity contribution in [1.29, 1.82) is 0 Å². The molecule has 0 aliphatic rings. The maximum atomic E-state index is 12.1. The fourth-order valence-corrected chi connectivity index (χ4v) is 2.40. The zero-order valence-corrected chi connectivity index (χ0v) is 15.5. The van der Waals surface area contributed by atoms with Gasteiger partial charge in [0.2, 0.25) is 0 Å². The van der Waals surface area contributed by atoms with E-state index in [2.05, 4.69) is 10.1 Å². The van der Waals surface area contributed by atoms with E-state index in [9.17, 15) is 13.6 Å². The molecule has 0 saturated heterocycles. The molecule has 5 nitrogen and oxygen atoms in total. The largest absolute Gasteiger partial charge is 0.491 e. The van der Waals surface area contributed by atoms with Gasteiger partial charge < -0.3 is 19.7 Å². The van der Waals surface area contributed by atoms with Crippen LogP contribution >= 0.6 is 0 Å². The van der Waals surface area contributed by atoms with E-state index in [1.54, 1.807) is 24.1 Å². The summed E-state index contributed by atoms with van der Waals surface area (Å²) in [7, 11) is 1.70. The second-order valence-electron chi connectivity index (χ2n) is 6.04. The number of carbonyl (C=O) groups excluding carboxylic acids is 1. The van der Waals surface area contributed by atoms with Crippen LogP contribution in [0.15, 0.2) is 48.5 Å². The number of urea groups is 1. The molecule has 0 unspecified atom stereocenters. The number of hydrogen-bond acceptors (Lipinski definition) is 3. The highest BCUT2D eigenvalue weighted by molar-refractivity contribution is 5.73. The summed E-state index contributed by atoms with van der Waals surface area (Å²) >= 11 is 0. The molecule has 2 aromatic rings. The van der Waals surface area contributed by atoms with Crippen molar-refractivity contribution < 1.29 is 23.0 Å². The number of aryl methyl sites for hydroxylation is 1. The number of likely N-dealkylation sites (N-methyl/N-ethyl adjacent to an activating group) is 1. The lowest BCUT2D eigenvalue weighted by atomic mass is 10.1. The van der Waals surface area contributed by atoms with Gasteiger partial charge in [-0.2, -0.15) is 8.78 Å². The van der Waals surface area contributed by atoms with Gasteiger partial charge >= 0.3 is 12.6 Å². The molecule has 2 rings (SSSR count). The first-order valence-corrected chi connectivity index (χ1v) is 8.67. The number of halogens is 2. The van der Waals surface area contributed by atoms with E-state index in [-0.39, 0.29) is 11.8 Å². The Hall–Kier alpha value is -2.83. The summed E-state index contributed by atoms with van der Waals surface area (Å²) in [5.74, 6) is 0.928. The highest BCUT2D eigenvalue weighted by atomic mass is 19.3. The quantitative estimate of drug-likeness (QED) is 0.721. The number of hydrogen-bond donors (Lipinski definition) is 1. The van der Waals surface area contributed by atoms with Crippen molar-refractivity contribution in [2.24, 2.45) is 0 Å². The van der Waals surface area contributed by atoms with Crippen LogP contribution in [0.5, 0.6) is 11.5 Å². The zero-order chi connectivity index (χ0) is 19.6. The Morgan fingerprint density at radius 3 is 2.52 bits per heavy atom. The van der Waals surface area contributed by atoms with Crippen LogP contribution in [0.4, 0.5) is 13.6 Å². The number of rotatable bonds is 9. The minimum absolute atomic E-state index is 0.117. The average molecular weight is 378 g/mol. The van der Waals surface area contributed by atoms with E-state index in [1.165, 1.54) is 12.1 Å². The molecule has 146 valence electrons. The number of carbonyl (C=O) groups is 1. The molecule has 0 aromatic heterocycles. The van der Waals surface area contributed by atoms with Crippen LogP contribution in [0.2, 0.25) is 0 Å². The second-order valence-corrected chi connectivity index (χ2v) is 6.04. The molecule has 0 heterocycles. The van der Waals surface area contributed by atoms with Crippen molar-refractivity contribution >= 4 is 6.03 Å². The van der Waals surface area contributed by atoms with Gasteiger partial charge in [0.15, 0.2) is 0 Å². The van der Waals surface area contributed by atoms with Crippen molar-refractivity contribution in [1.82, 2.24) is 10.2 Å². The Labute approximate surface area is 157 Å². The van der Waals surface area contributed by atoms with Crippen molar-refractivity contribution in [2.75, 3.05) is 26.7 Å². The van der Waals surface area contributed by atoms with Crippen LogP contribution in [-0.2, 0) is 6.42 Å². The lowest BCUT2D eigenvalue weighted by Crippen LogP contribution is -2.40. The van der Waals surface area contributed by atoms with Gasteiger partial charge in [-0.25, -0.2) is 4.79 Å². The fourth-order valence-electron chi connectivity index (χ4n) is 2.40. The van der Waals surface area contributed by atoms with Crippen LogP contribution in [-0.4, -0.2) is 44.3 Å². The second kappa shape index (κ2) is 10.4. The molecule has 0 aliphatic carbocycles. The average Bonchev–Trinajstić information content (AvgIpc) is 2.64. The molecule has 2 amide bonds. The number of nitrogens with one attached hydrogen (secondary N) is 1. The van der Waals surface area contributed by atoms with E-state index in [4.69, 9.17) is 4.74 Å². The van der Waals surface area contributed by atoms with Gasteiger partial charge in [0.25, 0.3) is 0 Å². The van der Waals surface area contributed by atoms with Crippen LogP contribution in [0.1, 0.15) is 11.1 Å². The first-order valence-electron chi connectivity index (χ1n) is 8.67. The first-order chi connectivity index (χ1) is 13.0. The SMILES string of the molecule is Cc1ccccc1OCCN(C)C(=O)NCCc1ccc(OC(F)F)cc1. The zero-order valence-electron chi connectivity index (χ0n) is 15.5. The Kier molecular flexibility index (Phi) is 7.85. The summed E-state index contributed by atoms with van der Waals surface area (Å²) in [6.45, 7) is 0.440. The van der Waals surface area contributed by atoms with Gasteiger partial charge in [-0.15, -0.1) is 0 Å². The Bertz CT molecular complexity index is 723. The summed E-state index contributed by atoms with van der Waals surface area (Å²) in [6.07, 6.45) is 0.592. The molecule has 27 heavy (non-hydrogen) atoms. The predicted octanol–water partition coefficient (Wildman–Crippen LogP) is 3.86. The Morgan fingerprint density at radius 2 is 1.85 bits per heavy atom. The topological polar surface area (TPSA) is 50.8 Å². The summed E-state index contributed by atoms with van der Waals surface area (Å²) < 4.78 is 34.2. The number of ether oxygens (including phenoxy) is 2. The summed E-state index contributed by atoms with van der Waals surface area (Å²) in [6, 6.07) is 13.9. The maximum Gasteiger partial charge on any atom is 0.387 e. The van der Waals surface area contributed by atoms with Gasteiger partial charge in [0.05, 0.1) is 6.54 Å². The molecule has 0 atom stereocenters. The number of alkyl halides is 2. The highest BCUT2D eigenvalue weighted by Gasteiger charge is 2.08. The normalized spacial score (nSPS) is 10.6. The number of nitrogens with zero attached hydrogens (tertiary/aromatic N) is 1. The third-order valence-corrected chi connectivity index (χ3v) is 3.96. The predicted molar refractivity (Wildman–Crippen MR) is 99.5 cm³/mol. The molecule has 0 saturated carbocycles. The van der Waals surface area contributed by atoms with E-state index < -0.39 is 6.61 Å². The lowest BCUT2D eigenvalue weighted by Gasteiger charge is -2.18. The standard InChI is InChI=1S/C20H24F2N2O3/c1-15-5-3-4-6-18(15)26-14-13-24(2)20(25)23-12-11-16-7-9-17(10-8-16)27-19(21)22/h3-10,19H,11-14H2,1-2H3,(H,23,25). The minimum atomic E-state index is -2.83. The summed E-state index contributed by atoms with van der Waals surface area (Å²) in [5, 5.41) is 2.82. The summed E-state index contributed by atoms with van der Waals surface area (Å²) in [5.41, 5.74) is 1.97. The third kappa shape index (κ3) is 7.13. The molecule has 7 heteroatoms. The van der Waals surface area contributed by atoms with Crippen molar-refractivity contribution in [3.8, 4) is 11.5 Å². The van der Waals surface area contributed by atoms with Crippen molar-refractivity contribution in [3.05, 3.63) is 59.7 Å². The van der Waals surface area contributed by atoms with E-state index in [0.717, 1.165) is 16.9 Å². The Balaban J connectivity index is 1.66. The highest BCUT2D eigenvalue weighted by Crippen LogP contribution is 2.16. The van der Waals surface area contributed by atoms with Gasteiger partial charge in [0.1, 0.15) is 18.1 Å². The van der Waals surface area contributed by atoms with Gasteiger partial charge in [-0.05, 0) is 42.7 Å². The van der Waals surface area contributed by atoms with E-state index in [0.29, 0.717) is 26.1 Å². The van der Waals surface area contributed by atoms with Crippen molar-refractivity contribution in [3.63, 3.8) is 0 Å². The molecule has 0 aliphatic heterocycles. The van der Waals surface area contributed by atoms with E-state index in [1.807, 2.05) is 31.2 Å². The van der Waals surface area contributed by atoms with Crippen LogP contribution in [0.3, 0.4) is 0 Å². The fraction of sp³-hybridized carbons (Fsp3) is 0.350. The van der Waals surface area contributed by atoms with Crippen LogP contribution < -0.4 is 14.8 Å². The van der Waals surface area contributed by atoms with E-state index >= 15 is 0 Å². The molecule has 0 radical (unpaired) electrons. The number of benzene rings is 2. The molecule has 0 fully saturated rings. The molecule has 0 spiro atoms. The van der Waals surface area contributed by atoms with Gasteiger partial charge in [-0.3, -0.25) is 0 Å². The monoisotopic (exact) mass is 378 g/mol. The van der Waals surface area contributed by atoms with Gasteiger partial charge in [0, 0.05) is 13.6 Å². The molecule has 1 N–H and O–H groups in total. The number of amides is 2. The lowest BCUT2D eigenvalue weighted by molar-refractivity contribution is -0.0498. The van der Waals surface area contributed by atoms with Crippen LogP contribution in [0.25, 0.3) is 0 Å².